The predicted molar refractivity (Wildman–Crippen MR) is 191 cm³/mol. The van der Waals surface area contributed by atoms with Crippen LogP contribution in [0.4, 0.5) is 5.69 Å². The van der Waals surface area contributed by atoms with Crippen LogP contribution in [-0.2, 0) is 31.6 Å². The monoisotopic (exact) mass is 693 g/mol. The number of amides is 2. The van der Waals surface area contributed by atoms with E-state index in [1.54, 1.807) is 18.2 Å². The number of nitrogens with one attached hydrogen (secondary N) is 3. The maximum absolute atomic E-state index is 14.0. The van der Waals surface area contributed by atoms with Crippen molar-refractivity contribution in [3.05, 3.63) is 90.0 Å². The number of anilines is 1. The quantitative estimate of drug-likeness (QED) is 0.124. The minimum atomic E-state index is -4.01. The van der Waals surface area contributed by atoms with Gasteiger partial charge in [-0.3, -0.25) is 14.9 Å². The SMILES string of the molecule is CC(C)CN(C[C@@H](O)[C@H](Cc1ccccc1)NC(=O)C(NC(=O)CNC1(c2cccc(O)c2)CC1)C(C)(C)C)S(=O)(=O)c1ccc(N)cc1. The molecule has 7 N–H and O–H groups in total. The van der Waals surface area contributed by atoms with Gasteiger partial charge in [0.25, 0.3) is 0 Å². The van der Waals surface area contributed by atoms with Gasteiger partial charge in [-0.2, -0.15) is 4.31 Å². The number of carbonyl (C=O) groups excluding carboxylic acids is 2. The minimum Gasteiger partial charge on any atom is -0.508 e. The molecule has 1 fully saturated rings. The van der Waals surface area contributed by atoms with Crippen molar-refractivity contribution in [3.8, 4) is 5.75 Å². The van der Waals surface area contributed by atoms with E-state index in [2.05, 4.69) is 16.0 Å². The second kappa shape index (κ2) is 15.7. The molecule has 3 atom stereocenters. The summed E-state index contributed by atoms with van der Waals surface area (Å²) in [6, 6.07) is 20.3. The van der Waals surface area contributed by atoms with Gasteiger partial charge in [0, 0.05) is 24.3 Å². The molecule has 1 saturated carbocycles. The highest BCUT2D eigenvalue weighted by Gasteiger charge is 2.45. The van der Waals surface area contributed by atoms with Crippen molar-refractivity contribution in [2.45, 2.75) is 82.5 Å². The Bertz CT molecular complexity index is 1670. The first-order valence-corrected chi connectivity index (χ1v) is 18.2. The van der Waals surface area contributed by atoms with Crippen LogP contribution in [0.5, 0.6) is 5.75 Å². The summed E-state index contributed by atoms with van der Waals surface area (Å²) in [5.74, 6) is -0.762. The number of aliphatic hydroxyl groups excluding tert-OH is 1. The Balaban J connectivity index is 1.52. The van der Waals surface area contributed by atoms with Crippen LogP contribution in [0.2, 0.25) is 0 Å². The van der Waals surface area contributed by atoms with Gasteiger partial charge >= 0.3 is 0 Å². The molecule has 0 aromatic heterocycles. The number of carbonyl (C=O) groups is 2. The second-order valence-electron chi connectivity index (χ2n) is 14.5. The number of nitrogens with two attached hydrogens (primary N) is 1. The van der Waals surface area contributed by atoms with Crippen molar-refractivity contribution < 1.29 is 28.2 Å². The molecule has 1 unspecified atom stereocenters. The Morgan fingerprint density at radius 2 is 1.59 bits per heavy atom. The Hall–Kier alpha value is -3.97. The largest absolute Gasteiger partial charge is 0.508 e. The molecule has 0 heterocycles. The van der Waals surface area contributed by atoms with Gasteiger partial charge in [-0.15, -0.1) is 0 Å². The number of nitrogens with zero attached hydrogens (tertiary/aromatic N) is 1. The van der Waals surface area contributed by atoms with Crippen molar-refractivity contribution >= 4 is 27.5 Å². The van der Waals surface area contributed by atoms with E-state index in [0.717, 1.165) is 24.0 Å². The van der Waals surface area contributed by atoms with E-state index >= 15 is 0 Å². The number of nitrogen functional groups attached to an aromatic ring is 1. The molecular formula is C37H51N5O6S. The van der Waals surface area contributed by atoms with Crippen molar-refractivity contribution in [1.82, 2.24) is 20.3 Å². The molecule has 49 heavy (non-hydrogen) atoms. The van der Waals surface area contributed by atoms with Gasteiger partial charge in [-0.25, -0.2) is 8.42 Å². The summed E-state index contributed by atoms with van der Waals surface area (Å²) in [5.41, 5.74) is 6.85. The lowest BCUT2D eigenvalue weighted by atomic mass is 9.85. The zero-order chi connectivity index (χ0) is 36.0. The molecule has 3 aromatic rings. The lowest BCUT2D eigenvalue weighted by Gasteiger charge is -2.34. The van der Waals surface area contributed by atoms with E-state index in [1.165, 1.54) is 28.6 Å². The van der Waals surface area contributed by atoms with Gasteiger partial charge in [0.05, 0.1) is 23.6 Å². The van der Waals surface area contributed by atoms with E-state index in [0.29, 0.717) is 5.69 Å². The smallest absolute Gasteiger partial charge is 0.243 e. The van der Waals surface area contributed by atoms with E-state index in [1.807, 2.05) is 71.0 Å². The summed E-state index contributed by atoms with van der Waals surface area (Å²) >= 11 is 0. The highest BCUT2D eigenvalue weighted by molar-refractivity contribution is 7.89. The molecule has 0 spiro atoms. The van der Waals surface area contributed by atoms with E-state index in [9.17, 15) is 28.2 Å². The van der Waals surface area contributed by atoms with Crippen molar-refractivity contribution in [1.29, 1.82) is 0 Å². The van der Waals surface area contributed by atoms with Gasteiger partial charge in [-0.05, 0) is 78.1 Å². The number of hydrogen-bond acceptors (Lipinski definition) is 8. The summed E-state index contributed by atoms with van der Waals surface area (Å²) in [6.45, 7) is 9.13. The van der Waals surface area contributed by atoms with Crippen LogP contribution in [0, 0.1) is 11.3 Å². The highest BCUT2D eigenvalue weighted by Crippen LogP contribution is 2.46. The predicted octanol–water partition coefficient (Wildman–Crippen LogP) is 3.52. The van der Waals surface area contributed by atoms with Gasteiger partial charge < -0.3 is 26.6 Å². The van der Waals surface area contributed by atoms with Crippen LogP contribution in [0.15, 0.2) is 83.8 Å². The standard InChI is InChI=1S/C37H51N5O6S/c1-25(2)23-42(49(47,48)30-16-14-28(38)15-17-30)24-32(44)31(20-26-10-7-6-8-11-26)40-35(46)34(36(3,4)5)41-33(45)22-39-37(18-19-37)27-12-9-13-29(43)21-27/h6-17,21,25,31-32,34,39,43-44H,18-20,22-24,38H2,1-5H3,(H,40,46)(H,41,45)/t31-,32+,34?/m0/s1. The third-order valence-corrected chi connectivity index (χ3v) is 10.6. The fourth-order valence-corrected chi connectivity index (χ4v) is 7.47. The third-order valence-electron chi connectivity index (χ3n) is 8.74. The first kappa shape index (κ1) is 37.8. The number of sulfonamides is 1. The molecule has 11 nitrogen and oxygen atoms in total. The average Bonchev–Trinajstić information content (AvgIpc) is 3.83. The summed E-state index contributed by atoms with van der Waals surface area (Å²) in [6.07, 6.45) is 0.563. The zero-order valence-corrected chi connectivity index (χ0v) is 29.8. The molecular weight excluding hydrogens is 643 g/mol. The lowest BCUT2D eigenvalue weighted by Crippen LogP contribution is -2.59. The third kappa shape index (κ3) is 10.3. The number of phenolic OH excluding ortho intramolecular Hbond substituents is 1. The van der Waals surface area contributed by atoms with Crippen molar-refractivity contribution in [2.75, 3.05) is 25.4 Å². The van der Waals surface area contributed by atoms with Crippen LogP contribution < -0.4 is 21.7 Å². The molecule has 0 aliphatic heterocycles. The van der Waals surface area contributed by atoms with Crippen LogP contribution in [-0.4, -0.2) is 72.6 Å². The van der Waals surface area contributed by atoms with E-state index in [-0.39, 0.29) is 48.5 Å². The summed E-state index contributed by atoms with van der Waals surface area (Å²) in [7, 11) is -4.01. The van der Waals surface area contributed by atoms with Crippen LogP contribution >= 0.6 is 0 Å². The van der Waals surface area contributed by atoms with E-state index < -0.39 is 45.1 Å². The van der Waals surface area contributed by atoms with Gasteiger partial charge in [-0.1, -0.05) is 77.1 Å². The first-order valence-electron chi connectivity index (χ1n) is 16.7. The van der Waals surface area contributed by atoms with Crippen LogP contribution in [0.3, 0.4) is 0 Å². The fourth-order valence-electron chi connectivity index (χ4n) is 5.85. The first-order chi connectivity index (χ1) is 23.0. The van der Waals surface area contributed by atoms with Gasteiger partial charge in [0.2, 0.25) is 21.8 Å². The van der Waals surface area contributed by atoms with Crippen molar-refractivity contribution in [2.24, 2.45) is 11.3 Å². The van der Waals surface area contributed by atoms with Crippen molar-refractivity contribution in [3.63, 3.8) is 0 Å². The zero-order valence-electron chi connectivity index (χ0n) is 29.0. The minimum absolute atomic E-state index is 0.0429. The summed E-state index contributed by atoms with van der Waals surface area (Å²) in [5, 5.41) is 30.8. The summed E-state index contributed by atoms with van der Waals surface area (Å²) in [4.78, 5) is 27.3. The molecule has 0 saturated heterocycles. The Kier molecular flexibility index (Phi) is 12.1. The molecule has 266 valence electrons. The van der Waals surface area contributed by atoms with E-state index in [4.69, 9.17) is 5.73 Å². The molecule has 4 rings (SSSR count). The number of aliphatic hydroxyl groups is 1. The number of phenols is 1. The molecule has 2 amide bonds. The maximum atomic E-state index is 14.0. The van der Waals surface area contributed by atoms with Crippen LogP contribution in [0.1, 0.15) is 58.6 Å². The Morgan fingerprint density at radius 3 is 2.16 bits per heavy atom. The number of hydrogen-bond donors (Lipinski definition) is 6. The Morgan fingerprint density at radius 1 is 0.939 bits per heavy atom. The molecule has 0 bridgehead atoms. The Labute approximate surface area is 290 Å². The molecule has 12 heteroatoms. The average molecular weight is 694 g/mol. The van der Waals surface area contributed by atoms with Crippen LogP contribution in [0.25, 0.3) is 0 Å². The lowest BCUT2D eigenvalue weighted by molar-refractivity contribution is -0.132. The van der Waals surface area contributed by atoms with Gasteiger partial charge in [0.15, 0.2) is 0 Å². The molecule has 0 radical (unpaired) electrons. The number of rotatable bonds is 16. The molecule has 3 aromatic carbocycles. The number of benzene rings is 3. The summed E-state index contributed by atoms with van der Waals surface area (Å²) < 4.78 is 28.7. The molecule has 1 aliphatic carbocycles. The number of aromatic hydroxyl groups is 1. The fraction of sp³-hybridized carbons (Fsp3) is 0.459. The maximum Gasteiger partial charge on any atom is 0.243 e. The molecule has 1 aliphatic rings. The normalized spacial score (nSPS) is 16.2. The second-order valence-corrected chi connectivity index (χ2v) is 16.4. The van der Waals surface area contributed by atoms with Gasteiger partial charge in [0.1, 0.15) is 11.8 Å². The topological polar surface area (TPSA) is 174 Å². The highest BCUT2D eigenvalue weighted by atomic mass is 32.2.